The molecule has 0 unspecified atom stereocenters. The predicted molar refractivity (Wildman–Crippen MR) is 83.7 cm³/mol. The van der Waals surface area contributed by atoms with Crippen LogP contribution >= 0.6 is 0 Å². The molecule has 0 amide bonds. The van der Waals surface area contributed by atoms with Crippen molar-refractivity contribution in [1.29, 1.82) is 0 Å². The smallest absolute Gasteiger partial charge is 0.262 e. The van der Waals surface area contributed by atoms with E-state index in [0.717, 1.165) is 11.1 Å². The molecular formula is C18H18O6. The Morgan fingerprint density at radius 3 is 1.54 bits per heavy atom. The van der Waals surface area contributed by atoms with E-state index in [1.54, 1.807) is 28.4 Å². The summed E-state index contributed by atoms with van der Waals surface area (Å²) in [5, 5.41) is 0. The molecule has 0 N–H and O–H groups in total. The largest absolute Gasteiger partial charge is 0.496 e. The summed E-state index contributed by atoms with van der Waals surface area (Å²) in [7, 11) is 6.33. The van der Waals surface area contributed by atoms with Crippen LogP contribution in [-0.2, 0) is 30.8 Å². The third-order valence-electron chi connectivity index (χ3n) is 4.71. The van der Waals surface area contributed by atoms with E-state index in [2.05, 4.69) is 0 Å². The zero-order valence-corrected chi connectivity index (χ0v) is 13.9. The molecule has 2 heterocycles. The van der Waals surface area contributed by atoms with Gasteiger partial charge in [-0.2, -0.15) is 9.78 Å². The van der Waals surface area contributed by atoms with Crippen molar-refractivity contribution in [1.82, 2.24) is 0 Å². The van der Waals surface area contributed by atoms with Crippen LogP contribution in [0.2, 0.25) is 0 Å². The molecule has 0 radical (unpaired) electrons. The minimum Gasteiger partial charge on any atom is -0.496 e. The van der Waals surface area contributed by atoms with E-state index >= 15 is 0 Å². The van der Waals surface area contributed by atoms with Gasteiger partial charge in [0.05, 0.1) is 25.3 Å². The summed E-state index contributed by atoms with van der Waals surface area (Å²) in [5.74, 6) is -1.27. The second-order valence-electron chi connectivity index (χ2n) is 5.57. The summed E-state index contributed by atoms with van der Waals surface area (Å²) in [4.78, 5) is 11.4. The van der Waals surface area contributed by atoms with Crippen LogP contribution in [0.15, 0.2) is 36.4 Å². The summed E-state index contributed by atoms with van der Waals surface area (Å²) in [6.07, 6.45) is 0. The van der Waals surface area contributed by atoms with Gasteiger partial charge in [0.2, 0.25) is 0 Å². The number of methoxy groups -OCH3 is 4. The second-order valence-corrected chi connectivity index (χ2v) is 5.57. The van der Waals surface area contributed by atoms with Gasteiger partial charge in [-0.1, -0.05) is 24.3 Å². The first-order valence-corrected chi connectivity index (χ1v) is 7.51. The van der Waals surface area contributed by atoms with Gasteiger partial charge in [0, 0.05) is 25.3 Å². The van der Waals surface area contributed by atoms with Crippen molar-refractivity contribution < 1.29 is 28.7 Å². The van der Waals surface area contributed by atoms with Gasteiger partial charge in [-0.05, 0) is 12.1 Å². The summed E-state index contributed by atoms with van der Waals surface area (Å²) in [5.41, 5.74) is 2.97. The first-order chi connectivity index (χ1) is 11.7. The van der Waals surface area contributed by atoms with Crippen LogP contribution in [0.1, 0.15) is 22.3 Å². The molecular weight excluding hydrogens is 312 g/mol. The van der Waals surface area contributed by atoms with Crippen molar-refractivity contribution in [2.24, 2.45) is 0 Å². The Labute approximate surface area is 139 Å². The molecule has 2 aliphatic heterocycles. The topological polar surface area (TPSA) is 55.4 Å². The lowest BCUT2D eigenvalue weighted by molar-refractivity contribution is -0.516. The molecule has 126 valence electrons. The zero-order valence-electron chi connectivity index (χ0n) is 13.9. The molecule has 2 aromatic carbocycles. The van der Waals surface area contributed by atoms with Gasteiger partial charge in [-0.3, -0.25) is 0 Å². The van der Waals surface area contributed by atoms with Crippen molar-refractivity contribution in [3.8, 4) is 11.5 Å². The number of hydrogen-bond acceptors (Lipinski definition) is 6. The molecule has 5 rings (SSSR count). The number of fused-ring (bicyclic) bond motifs is 1. The molecule has 6 nitrogen and oxygen atoms in total. The summed E-state index contributed by atoms with van der Waals surface area (Å²) in [6.45, 7) is 0. The van der Waals surface area contributed by atoms with E-state index in [1.807, 2.05) is 36.4 Å². The van der Waals surface area contributed by atoms with Crippen LogP contribution in [-0.4, -0.2) is 28.4 Å². The Hall–Kier alpha value is -2.12. The van der Waals surface area contributed by atoms with Crippen LogP contribution in [0.3, 0.4) is 0 Å². The first kappa shape index (κ1) is 15.4. The number of rotatable bonds is 4. The Balaban J connectivity index is 2.17. The third-order valence-corrected chi connectivity index (χ3v) is 4.71. The standard InChI is InChI=1S/C18H18O6/c1-19-13-9-5-7-11-15(13)18(22-4)16-12(8-6-10-14(16)20-2)17(11,21-3)23-24-18/h5-10H,1-4H3. The lowest BCUT2D eigenvalue weighted by Crippen LogP contribution is -2.54. The highest BCUT2D eigenvalue weighted by atomic mass is 17.3. The summed E-state index contributed by atoms with van der Waals surface area (Å²) < 4.78 is 22.7. The van der Waals surface area contributed by atoms with Gasteiger partial charge in [-0.15, -0.1) is 0 Å². The van der Waals surface area contributed by atoms with Gasteiger partial charge < -0.3 is 18.9 Å². The minimum atomic E-state index is -1.30. The summed E-state index contributed by atoms with van der Waals surface area (Å²) >= 11 is 0. The fraction of sp³-hybridized carbons (Fsp3) is 0.333. The molecule has 2 aromatic rings. The average Bonchev–Trinajstić information content (AvgIpc) is 2.67. The lowest BCUT2D eigenvalue weighted by Gasteiger charge is -2.51. The Bertz CT molecular complexity index is 745. The van der Waals surface area contributed by atoms with Gasteiger partial charge in [0.15, 0.2) is 0 Å². The number of ether oxygens (including phenoxy) is 4. The maximum atomic E-state index is 5.83. The van der Waals surface area contributed by atoms with Crippen LogP contribution < -0.4 is 9.47 Å². The van der Waals surface area contributed by atoms with Gasteiger partial charge in [0.25, 0.3) is 11.6 Å². The maximum Gasteiger partial charge on any atom is 0.262 e. The van der Waals surface area contributed by atoms with Crippen molar-refractivity contribution >= 4 is 0 Å². The van der Waals surface area contributed by atoms with Crippen molar-refractivity contribution in [2.75, 3.05) is 28.4 Å². The molecule has 24 heavy (non-hydrogen) atoms. The van der Waals surface area contributed by atoms with Crippen LogP contribution in [0.4, 0.5) is 0 Å². The molecule has 0 saturated carbocycles. The normalized spacial score (nSPS) is 26.7. The second kappa shape index (κ2) is 5.19. The maximum absolute atomic E-state index is 5.83. The first-order valence-electron chi connectivity index (χ1n) is 7.51. The minimum absolute atomic E-state index is 0.621. The molecule has 0 saturated heterocycles. The molecule has 1 aliphatic carbocycles. The molecule has 3 aliphatic rings. The fourth-order valence-corrected chi connectivity index (χ4v) is 3.68. The zero-order chi connectivity index (χ0) is 16.9. The Morgan fingerprint density at radius 2 is 1.12 bits per heavy atom. The number of hydrogen-bond donors (Lipinski definition) is 0. The Morgan fingerprint density at radius 1 is 0.667 bits per heavy atom. The van der Waals surface area contributed by atoms with Crippen molar-refractivity contribution in [3.05, 3.63) is 58.7 Å². The molecule has 0 atom stereocenters. The van der Waals surface area contributed by atoms with Crippen LogP contribution in [0.25, 0.3) is 0 Å². The lowest BCUT2D eigenvalue weighted by atomic mass is 9.75. The van der Waals surface area contributed by atoms with E-state index in [4.69, 9.17) is 28.7 Å². The van der Waals surface area contributed by atoms with E-state index in [9.17, 15) is 0 Å². The number of benzene rings is 2. The van der Waals surface area contributed by atoms with E-state index in [0.29, 0.717) is 22.6 Å². The Kier molecular flexibility index (Phi) is 3.33. The highest BCUT2D eigenvalue weighted by Crippen LogP contribution is 2.61. The highest BCUT2D eigenvalue weighted by Gasteiger charge is 2.63. The summed E-state index contributed by atoms with van der Waals surface area (Å²) in [6, 6.07) is 11.3. The van der Waals surface area contributed by atoms with Crippen molar-refractivity contribution in [2.45, 2.75) is 11.6 Å². The van der Waals surface area contributed by atoms with E-state index < -0.39 is 11.6 Å². The van der Waals surface area contributed by atoms with Gasteiger partial charge in [0.1, 0.15) is 11.5 Å². The third kappa shape index (κ3) is 1.58. The monoisotopic (exact) mass is 330 g/mol. The SMILES string of the molecule is COc1cccc2c1C1(OC)OOC2(OC)c2cccc(OC)c21. The molecule has 0 fully saturated rings. The van der Waals surface area contributed by atoms with Crippen LogP contribution in [0, 0.1) is 0 Å². The van der Waals surface area contributed by atoms with Gasteiger partial charge in [-0.25, -0.2) is 0 Å². The molecule has 0 spiro atoms. The fourth-order valence-electron chi connectivity index (χ4n) is 3.68. The molecule has 6 heteroatoms. The molecule has 2 bridgehead atoms. The molecule has 0 aromatic heterocycles. The quantitative estimate of drug-likeness (QED) is 0.804. The average molecular weight is 330 g/mol. The highest BCUT2D eigenvalue weighted by molar-refractivity contribution is 5.63. The predicted octanol–water partition coefficient (Wildman–Crippen LogP) is 2.67. The van der Waals surface area contributed by atoms with Crippen LogP contribution in [0.5, 0.6) is 11.5 Å². The van der Waals surface area contributed by atoms with Gasteiger partial charge >= 0.3 is 0 Å². The van der Waals surface area contributed by atoms with E-state index in [-0.39, 0.29) is 0 Å². The van der Waals surface area contributed by atoms with E-state index in [1.165, 1.54) is 0 Å². The van der Waals surface area contributed by atoms with Crippen molar-refractivity contribution in [3.63, 3.8) is 0 Å².